The number of hydroxylamine groups is 2. The molecule has 1 atom stereocenters. The van der Waals surface area contributed by atoms with E-state index in [1.165, 1.54) is 45.6 Å². The van der Waals surface area contributed by atoms with Crippen molar-refractivity contribution in [2.75, 3.05) is 21.3 Å². The van der Waals surface area contributed by atoms with Gasteiger partial charge in [-0.25, -0.2) is 17.9 Å². The lowest BCUT2D eigenvalue weighted by molar-refractivity contribution is -0.144. The molecule has 0 aliphatic carbocycles. The molecule has 0 spiro atoms. The summed E-state index contributed by atoms with van der Waals surface area (Å²) in [6, 6.07) is 4.05. The average Bonchev–Trinajstić information content (AvgIpc) is 2.99. The molecule has 0 saturated heterocycles. The molecule has 1 aliphatic heterocycles. The van der Waals surface area contributed by atoms with Gasteiger partial charge in [0.2, 0.25) is 6.17 Å². The van der Waals surface area contributed by atoms with Gasteiger partial charge >= 0.3 is 12.1 Å². The third-order valence-electron chi connectivity index (χ3n) is 3.17. The van der Waals surface area contributed by atoms with Crippen LogP contribution in [0.2, 0.25) is 0 Å². The number of amidine groups is 1. The van der Waals surface area contributed by atoms with Crippen LogP contribution in [0.3, 0.4) is 0 Å². The number of benzene rings is 1. The van der Waals surface area contributed by atoms with Crippen molar-refractivity contribution in [2.45, 2.75) is 11.1 Å². The summed E-state index contributed by atoms with van der Waals surface area (Å²) in [7, 11) is -0.260. The van der Waals surface area contributed by atoms with E-state index < -0.39 is 22.2 Å². The van der Waals surface area contributed by atoms with Crippen LogP contribution in [-0.4, -0.2) is 64.3 Å². The number of hydrogen-bond donors (Lipinski definition) is 1. The van der Waals surface area contributed by atoms with Gasteiger partial charge in [-0.1, -0.05) is 0 Å². The fraction of sp³-hybridized carbons (Fsp3) is 0.308. The first-order valence-corrected chi connectivity index (χ1v) is 8.27. The van der Waals surface area contributed by atoms with Gasteiger partial charge in [0.05, 0.1) is 26.2 Å². The van der Waals surface area contributed by atoms with Crippen LogP contribution in [0.15, 0.2) is 34.3 Å². The van der Waals surface area contributed by atoms with Gasteiger partial charge in [-0.05, 0) is 24.3 Å². The molecule has 1 heterocycles. The van der Waals surface area contributed by atoms with Gasteiger partial charge in [0.25, 0.3) is 10.0 Å². The molecule has 1 aromatic rings. The van der Waals surface area contributed by atoms with E-state index in [1.54, 1.807) is 0 Å². The van der Waals surface area contributed by atoms with E-state index >= 15 is 0 Å². The lowest BCUT2D eigenvalue weighted by Gasteiger charge is -2.22. The van der Waals surface area contributed by atoms with Crippen molar-refractivity contribution in [3.05, 3.63) is 24.3 Å². The number of carbonyl (C=O) groups is 2. The van der Waals surface area contributed by atoms with Crippen molar-refractivity contribution < 1.29 is 32.3 Å². The molecule has 12 heteroatoms. The Balaban J connectivity index is 2.22. The number of methoxy groups -OCH3 is 2. The fourth-order valence-corrected chi connectivity index (χ4v) is 2.91. The standard InChI is InChI=1S/C13H16N4O7S/c1-22-9-4-6-10(7-5-9)25(20,21)15-12(19)16-11(8-18)17(24-3)13(14-16)23-2/h4-8,11H,1-3H3,(H,15,19). The zero-order chi connectivity index (χ0) is 18.6. The maximum Gasteiger partial charge on any atom is 0.354 e. The number of hydrogen-bond acceptors (Lipinski definition) is 9. The summed E-state index contributed by atoms with van der Waals surface area (Å²) in [5.41, 5.74) is 0. The number of nitrogens with zero attached hydrogens (tertiary/aromatic N) is 3. The van der Waals surface area contributed by atoms with Gasteiger partial charge in [0.1, 0.15) is 5.75 Å². The normalized spacial score (nSPS) is 17.1. The minimum Gasteiger partial charge on any atom is -0.497 e. The highest BCUT2D eigenvalue weighted by Crippen LogP contribution is 2.18. The third kappa shape index (κ3) is 3.64. The number of hydrazone groups is 1. The average molecular weight is 372 g/mol. The molecule has 2 rings (SSSR count). The summed E-state index contributed by atoms with van der Waals surface area (Å²) in [4.78, 5) is 28.2. The lowest BCUT2D eigenvalue weighted by Crippen LogP contribution is -2.49. The van der Waals surface area contributed by atoms with E-state index in [0.29, 0.717) is 17.0 Å². The highest BCUT2D eigenvalue weighted by atomic mass is 32.2. The Hall–Kier alpha value is -2.86. The van der Waals surface area contributed by atoms with Gasteiger partial charge in [0, 0.05) is 0 Å². The first-order valence-electron chi connectivity index (χ1n) is 6.79. The van der Waals surface area contributed by atoms with Crippen LogP contribution in [0.1, 0.15) is 0 Å². The molecule has 136 valence electrons. The Bertz CT molecular complexity index is 778. The SMILES string of the molecule is COC1=NN(C(=O)NS(=O)(=O)c2ccc(OC)cc2)C(C=O)N1OC. The summed E-state index contributed by atoms with van der Waals surface area (Å²) in [5.74, 6) is 0.455. The van der Waals surface area contributed by atoms with Crippen LogP contribution in [0.4, 0.5) is 4.79 Å². The molecule has 25 heavy (non-hydrogen) atoms. The monoisotopic (exact) mass is 372 g/mol. The summed E-state index contributed by atoms with van der Waals surface area (Å²) >= 11 is 0. The Kier molecular flexibility index (Phi) is 5.44. The zero-order valence-electron chi connectivity index (χ0n) is 13.6. The molecule has 1 N–H and O–H groups in total. The van der Waals surface area contributed by atoms with Crippen LogP contribution in [0.5, 0.6) is 5.75 Å². The van der Waals surface area contributed by atoms with Gasteiger partial charge < -0.3 is 9.47 Å². The molecule has 1 aromatic carbocycles. The van der Waals surface area contributed by atoms with Crippen molar-refractivity contribution in [2.24, 2.45) is 5.10 Å². The molecule has 0 bridgehead atoms. The summed E-state index contributed by atoms with van der Waals surface area (Å²) in [6.07, 6.45) is -0.968. The maximum atomic E-state index is 12.3. The number of urea groups is 1. The third-order valence-corrected chi connectivity index (χ3v) is 4.51. The Morgan fingerprint density at radius 2 is 1.84 bits per heavy atom. The second-order valence-electron chi connectivity index (χ2n) is 4.58. The topological polar surface area (TPSA) is 127 Å². The van der Waals surface area contributed by atoms with Crippen LogP contribution in [0, 0.1) is 0 Å². The molecule has 0 saturated carbocycles. The number of nitrogens with one attached hydrogen (secondary N) is 1. The molecule has 1 aliphatic rings. The molecular formula is C13H16N4O7S. The fourth-order valence-electron chi connectivity index (χ4n) is 1.98. The second kappa shape index (κ2) is 7.36. The molecule has 11 nitrogen and oxygen atoms in total. The highest BCUT2D eigenvalue weighted by Gasteiger charge is 2.40. The van der Waals surface area contributed by atoms with Crippen LogP contribution in [0.25, 0.3) is 0 Å². The summed E-state index contributed by atoms with van der Waals surface area (Å²) in [6.45, 7) is 0. The number of sulfonamides is 1. The van der Waals surface area contributed by atoms with Gasteiger partial charge in [-0.3, -0.25) is 9.63 Å². The smallest absolute Gasteiger partial charge is 0.354 e. The number of aldehydes is 1. The second-order valence-corrected chi connectivity index (χ2v) is 6.26. The van der Waals surface area contributed by atoms with Crippen molar-refractivity contribution in [1.82, 2.24) is 14.8 Å². The number of amides is 2. The maximum absolute atomic E-state index is 12.3. The molecule has 1 unspecified atom stereocenters. The molecule has 0 fully saturated rings. The quantitative estimate of drug-likeness (QED) is 0.699. The predicted molar refractivity (Wildman–Crippen MR) is 83.7 cm³/mol. The Morgan fingerprint density at radius 3 is 2.32 bits per heavy atom. The zero-order valence-corrected chi connectivity index (χ0v) is 14.4. The van der Waals surface area contributed by atoms with Gasteiger partial charge in [-0.15, -0.1) is 5.10 Å². The summed E-state index contributed by atoms with van der Waals surface area (Å²) in [5, 5.41) is 5.22. The van der Waals surface area contributed by atoms with Crippen molar-refractivity contribution >= 4 is 28.4 Å². The molecule has 0 radical (unpaired) electrons. The Labute approximate surface area is 143 Å². The van der Waals surface area contributed by atoms with Crippen molar-refractivity contribution in [3.63, 3.8) is 0 Å². The lowest BCUT2D eigenvalue weighted by atomic mass is 10.3. The highest BCUT2D eigenvalue weighted by molar-refractivity contribution is 7.90. The van der Waals surface area contributed by atoms with Crippen LogP contribution >= 0.6 is 0 Å². The number of rotatable bonds is 5. The first kappa shape index (κ1) is 18.5. The van der Waals surface area contributed by atoms with E-state index in [0.717, 1.165) is 5.06 Å². The summed E-state index contributed by atoms with van der Waals surface area (Å²) < 4.78 is 36.2. The van der Waals surface area contributed by atoms with Crippen LogP contribution in [-0.2, 0) is 24.4 Å². The van der Waals surface area contributed by atoms with Crippen molar-refractivity contribution in [3.8, 4) is 5.75 Å². The van der Waals surface area contributed by atoms with Crippen LogP contribution < -0.4 is 9.46 Å². The number of carbonyl (C=O) groups excluding carboxylic acids is 2. The largest absolute Gasteiger partial charge is 0.497 e. The molecule has 0 aromatic heterocycles. The first-order chi connectivity index (χ1) is 11.9. The Morgan fingerprint density at radius 1 is 1.20 bits per heavy atom. The van der Waals surface area contributed by atoms with E-state index in [-0.39, 0.29) is 10.9 Å². The van der Waals surface area contributed by atoms with E-state index in [1.807, 2.05) is 4.72 Å². The minimum absolute atomic E-state index is 0.164. The van der Waals surface area contributed by atoms with E-state index in [4.69, 9.17) is 14.3 Å². The molecular weight excluding hydrogens is 356 g/mol. The van der Waals surface area contributed by atoms with Gasteiger partial charge in [-0.2, -0.15) is 10.1 Å². The molecule has 2 amide bonds. The van der Waals surface area contributed by atoms with E-state index in [9.17, 15) is 18.0 Å². The van der Waals surface area contributed by atoms with E-state index in [2.05, 4.69) is 5.10 Å². The van der Waals surface area contributed by atoms with Crippen molar-refractivity contribution in [1.29, 1.82) is 0 Å². The predicted octanol–water partition coefficient (Wildman–Crippen LogP) is -0.285. The number of ether oxygens (including phenoxy) is 2. The van der Waals surface area contributed by atoms with Gasteiger partial charge in [0.15, 0.2) is 6.29 Å². The minimum atomic E-state index is -4.18.